The molecule has 0 radical (unpaired) electrons. The van der Waals surface area contributed by atoms with Crippen LogP contribution >= 0.6 is 11.6 Å². The van der Waals surface area contributed by atoms with Gasteiger partial charge in [0.2, 0.25) is 0 Å². The van der Waals surface area contributed by atoms with Gasteiger partial charge in [-0.2, -0.15) is 0 Å². The van der Waals surface area contributed by atoms with Gasteiger partial charge in [-0.25, -0.2) is 4.79 Å². The summed E-state index contributed by atoms with van der Waals surface area (Å²) in [5, 5.41) is 11.1. The van der Waals surface area contributed by atoms with Crippen molar-refractivity contribution in [2.24, 2.45) is 0 Å². The van der Waals surface area contributed by atoms with E-state index in [1.807, 2.05) is 0 Å². The number of esters is 1. The highest BCUT2D eigenvalue weighted by atomic mass is 35.5. The average Bonchev–Trinajstić information content (AvgIpc) is 2.67. The van der Waals surface area contributed by atoms with Crippen LogP contribution in [0.1, 0.15) is 15.9 Å². The molecule has 0 unspecified atom stereocenters. The summed E-state index contributed by atoms with van der Waals surface area (Å²) in [5.74, 6) is 0.521. The van der Waals surface area contributed by atoms with Crippen molar-refractivity contribution in [2.45, 2.75) is 6.61 Å². The van der Waals surface area contributed by atoms with Crippen LogP contribution in [-0.4, -0.2) is 10.9 Å². The summed E-state index contributed by atoms with van der Waals surface area (Å²) in [6.45, 7) is 0.0722. The maximum atomic E-state index is 12.1. The minimum atomic E-state index is -0.474. The number of nitro groups is 1. The first-order valence-corrected chi connectivity index (χ1v) is 8.33. The first-order valence-electron chi connectivity index (χ1n) is 7.95. The number of benzene rings is 3. The molecule has 0 saturated heterocycles. The van der Waals surface area contributed by atoms with Gasteiger partial charge >= 0.3 is 5.97 Å². The molecule has 0 aliphatic carbocycles. The zero-order chi connectivity index (χ0) is 19.2. The second kappa shape index (κ2) is 8.33. The SMILES string of the molecule is O=C(OCc1cccc(Oc2ccc([N+](=O)[O-])cc2)c1)c1cccc(Cl)c1. The maximum absolute atomic E-state index is 12.1. The predicted octanol–water partition coefficient (Wildman–Crippen LogP) is 5.40. The van der Waals surface area contributed by atoms with E-state index in [1.165, 1.54) is 30.3 Å². The fraction of sp³-hybridized carbons (Fsp3) is 0.0500. The van der Waals surface area contributed by atoms with Crippen molar-refractivity contribution in [1.29, 1.82) is 0 Å². The van der Waals surface area contributed by atoms with E-state index in [0.29, 0.717) is 22.1 Å². The molecule has 0 amide bonds. The van der Waals surface area contributed by atoms with E-state index in [4.69, 9.17) is 21.1 Å². The van der Waals surface area contributed by atoms with Crippen LogP contribution in [0.15, 0.2) is 72.8 Å². The summed E-state index contributed by atoms with van der Waals surface area (Å²) >= 11 is 5.87. The van der Waals surface area contributed by atoms with E-state index in [9.17, 15) is 14.9 Å². The van der Waals surface area contributed by atoms with Gasteiger partial charge in [-0.15, -0.1) is 0 Å². The zero-order valence-electron chi connectivity index (χ0n) is 14.0. The Labute approximate surface area is 160 Å². The smallest absolute Gasteiger partial charge is 0.338 e. The van der Waals surface area contributed by atoms with E-state index in [2.05, 4.69) is 0 Å². The lowest BCUT2D eigenvalue weighted by Crippen LogP contribution is -2.05. The lowest BCUT2D eigenvalue weighted by atomic mass is 10.2. The summed E-state index contributed by atoms with van der Waals surface area (Å²) in [6, 6.07) is 19.3. The van der Waals surface area contributed by atoms with Crippen LogP contribution in [-0.2, 0) is 11.3 Å². The molecule has 27 heavy (non-hydrogen) atoms. The van der Waals surface area contributed by atoms with Crippen molar-refractivity contribution in [3.05, 3.63) is 99.1 Å². The number of hydrogen-bond acceptors (Lipinski definition) is 5. The molecule has 136 valence electrons. The number of carbonyl (C=O) groups is 1. The summed E-state index contributed by atoms with van der Waals surface area (Å²) < 4.78 is 11.0. The maximum Gasteiger partial charge on any atom is 0.338 e. The number of ether oxygens (including phenoxy) is 2. The molecule has 0 spiro atoms. The van der Waals surface area contributed by atoms with Crippen LogP contribution in [0.3, 0.4) is 0 Å². The molecule has 0 aliphatic rings. The van der Waals surface area contributed by atoms with E-state index in [-0.39, 0.29) is 12.3 Å². The van der Waals surface area contributed by atoms with Gasteiger partial charge < -0.3 is 9.47 Å². The van der Waals surface area contributed by atoms with Gasteiger partial charge in [-0.1, -0.05) is 29.8 Å². The van der Waals surface area contributed by atoms with Crippen molar-refractivity contribution in [1.82, 2.24) is 0 Å². The number of halogens is 1. The molecule has 0 heterocycles. The van der Waals surface area contributed by atoms with E-state index < -0.39 is 10.9 Å². The summed E-state index contributed by atoms with van der Waals surface area (Å²) in [5.41, 5.74) is 1.11. The van der Waals surface area contributed by atoms with Gasteiger partial charge in [-0.05, 0) is 48.0 Å². The number of hydrogen-bond donors (Lipinski definition) is 0. The van der Waals surface area contributed by atoms with Crippen molar-refractivity contribution in [2.75, 3.05) is 0 Å². The summed E-state index contributed by atoms with van der Waals surface area (Å²) in [7, 11) is 0. The van der Waals surface area contributed by atoms with Crippen LogP contribution in [0.25, 0.3) is 0 Å². The fourth-order valence-electron chi connectivity index (χ4n) is 2.32. The predicted molar refractivity (Wildman–Crippen MR) is 100 cm³/mol. The molecule has 0 saturated carbocycles. The van der Waals surface area contributed by atoms with Crippen molar-refractivity contribution in [3.63, 3.8) is 0 Å². The minimum absolute atomic E-state index is 0.0102. The van der Waals surface area contributed by atoms with Crippen LogP contribution in [0, 0.1) is 10.1 Å². The zero-order valence-corrected chi connectivity index (χ0v) is 14.8. The molecular weight excluding hydrogens is 370 g/mol. The lowest BCUT2D eigenvalue weighted by molar-refractivity contribution is -0.384. The lowest BCUT2D eigenvalue weighted by Gasteiger charge is -2.09. The third kappa shape index (κ3) is 5.05. The molecule has 7 heteroatoms. The molecule has 3 rings (SSSR count). The number of carbonyl (C=O) groups excluding carboxylic acids is 1. The average molecular weight is 384 g/mol. The van der Waals surface area contributed by atoms with Gasteiger partial charge in [0.1, 0.15) is 18.1 Å². The molecular formula is C20H14ClNO5. The van der Waals surface area contributed by atoms with E-state index >= 15 is 0 Å². The van der Waals surface area contributed by atoms with Crippen molar-refractivity contribution < 1.29 is 19.2 Å². The highest BCUT2D eigenvalue weighted by Gasteiger charge is 2.09. The van der Waals surface area contributed by atoms with E-state index in [1.54, 1.807) is 42.5 Å². The Morgan fingerprint density at radius 1 is 0.963 bits per heavy atom. The third-order valence-corrected chi connectivity index (χ3v) is 3.85. The van der Waals surface area contributed by atoms with Crippen LogP contribution < -0.4 is 4.74 Å². The van der Waals surface area contributed by atoms with Crippen LogP contribution in [0.5, 0.6) is 11.5 Å². The van der Waals surface area contributed by atoms with Crippen LogP contribution in [0.4, 0.5) is 5.69 Å². The molecule has 6 nitrogen and oxygen atoms in total. The molecule has 0 N–H and O–H groups in total. The number of nitrogens with zero attached hydrogens (tertiary/aromatic N) is 1. The molecule has 0 aliphatic heterocycles. The number of rotatable bonds is 6. The Bertz CT molecular complexity index is 972. The number of non-ortho nitro benzene ring substituents is 1. The first-order chi connectivity index (χ1) is 13.0. The van der Waals surface area contributed by atoms with Gasteiger partial charge in [0, 0.05) is 17.2 Å². The Balaban J connectivity index is 1.63. The molecule has 3 aromatic rings. The Morgan fingerprint density at radius 2 is 1.70 bits per heavy atom. The standard InChI is InChI=1S/C20H14ClNO5/c21-16-5-2-4-15(12-16)20(23)26-13-14-3-1-6-19(11-14)27-18-9-7-17(8-10-18)22(24)25/h1-12H,13H2. The summed E-state index contributed by atoms with van der Waals surface area (Å²) in [4.78, 5) is 22.3. The van der Waals surface area contributed by atoms with Crippen molar-refractivity contribution in [3.8, 4) is 11.5 Å². The monoisotopic (exact) mass is 383 g/mol. The minimum Gasteiger partial charge on any atom is -0.457 e. The Hall–Kier alpha value is -3.38. The van der Waals surface area contributed by atoms with E-state index in [0.717, 1.165) is 5.56 Å². The normalized spacial score (nSPS) is 10.3. The van der Waals surface area contributed by atoms with Crippen molar-refractivity contribution >= 4 is 23.3 Å². The second-order valence-electron chi connectivity index (χ2n) is 5.59. The molecule has 3 aromatic carbocycles. The number of nitro benzene ring substituents is 1. The molecule has 0 fully saturated rings. The first kappa shape index (κ1) is 18.4. The highest BCUT2D eigenvalue weighted by Crippen LogP contribution is 2.25. The summed E-state index contributed by atoms with van der Waals surface area (Å²) in [6.07, 6.45) is 0. The van der Waals surface area contributed by atoms with Gasteiger partial charge in [0.15, 0.2) is 0 Å². The largest absolute Gasteiger partial charge is 0.457 e. The third-order valence-electron chi connectivity index (χ3n) is 3.61. The van der Waals surface area contributed by atoms with Crippen LogP contribution in [0.2, 0.25) is 5.02 Å². The fourth-order valence-corrected chi connectivity index (χ4v) is 2.51. The topological polar surface area (TPSA) is 78.7 Å². The molecule has 0 bridgehead atoms. The molecule has 0 aromatic heterocycles. The Kier molecular flexibility index (Phi) is 5.68. The molecule has 0 atom stereocenters. The highest BCUT2D eigenvalue weighted by molar-refractivity contribution is 6.30. The second-order valence-corrected chi connectivity index (χ2v) is 6.02. The van der Waals surface area contributed by atoms with Gasteiger partial charge in [0.05, 0.1) is 10.5 Å². The quantitative estimate of drug-likeness (QED) is 0.323. The van der Waals surface area contributed by atoms with Gasteiger partial charge in [0.25, 0.3) is 5.69 Å². The van der Waals surface area contributed by atoms with Gasteiger partial charge in [-0.3, -0.25) is 10.1 Å². The Morgan fingerprint density at radius 3 is 2.41 bits per heavy atom.